The summed E-state index contributed by atoms with van der Waals surface area (Å²) in [6.07, 6.45) is 9.50. The van der Waals surface area contributed by atoms with Crippen molar-refractivity contribution in [2.45, 2.75) is 50.4 Å². The zero-order valence-electron chi connectivity index (χ0n) is 13.6. The molecule has 6 heteroatoms. The van der Waals surface area contributed by atoms with E-state index in [1.807, 2.05) is 19.4 Å². The minimum absolute atomic E-state index is 0.0341. The van der Waals surface area contributed by atoms with Crippen LogP contribution in [-0.2, 0) is 17.2 Å². The number of nitrogens with zero attached hydrogens (tertiary/aromatic N) is 4. The molecule has 1 aliphatic carbocycles. The van der Waals surface area contributed by atoms with E-state index in [4.69, 9.17) is 14.2 Å². The van der Waals surface area contributed by atoms with Gasteiger partial charge in [-0.05, 0) is 26.2 Å². The summed E-state index contributed by atoms with van der Waals surface area (Å²) in [4.78, 5) is 4.73. The Morgan fingerprint density at radius 3 is 2.82 bits per heavy atom. The molecule has 0 N–H and O–H groups in total. The Morgan fingerprint density at radius 1 is 1.41 bits per heavy atom. The van der Waals surface area contributed by atoms with E-state index in [0.717, 1.165) is 37.3 Å². The molecule has 0 bridgehead atoms. The zero-order valence-corrected chi connectivity index (χ0v) is 13.6. The van der Waals surface area contributed by atoms with Crippen molar-refractivity contribution in [3.05, 3.63) is 29.7 Å². The number of aromatic nitrogens is 4. The van der Waals surface area contributed by atoms with Crippen molar-refractivity contribution in [2.75, 3.05) is 13.7 Å². The Morgan fingerprint density at radius 2 is 2.18 bits per heavy atom. The van der Waals surface area contributed by atoms with E-state index in [-0.39, 0.29) is 11.3 Å². The topological polar surface area (TPSA) is 66.0 Å². The van der Waals surface area contributed by atoms with Crippen molar-refractivity contribution in [1.29, 1.82) is 0 Å². The van der Waals surface area contributed by atoms with Gasteiger partial charge in [0, 0.05) is 37.9 Å². The summed E-state index contributed by atoms with van der Waals surface area (Å²) in [7, 11) is 3.66. The van der Waals surface area contributed by atoms with Gasteiger partial charge in [0.15, 0.2) is 5.82 Å². The van der Waals surface area contributed by atoms with Crippen LogP contribution in [0.3, 0.4) is 0 Å². The van der Waals surface area contributed by atoms with Crippen molar-refractivity contribution in [2.24, 2.45) is 7.05 Å². The van der Waals surface area contributed by atoms with Gasteiger partial charge in [0.1, 0.15) is 0 Å². The maximum atomic E-state index is 5.57. The van der Waals surface area contributed by atoms with Gasteiger partial charge in [-0.25, -0.2) is 0 Å². The Bertz CT molecular complexity index is 613. The van der Waals surface area contributed by atoms with Crippen molar-refractivity contribution in [1.82, 2.24) is 19.9 Å². The fourth-order valence-electron chi connectivity index (χ4n) is 3.37. The minimum atomic E-state index is 0.0341. The Labute approximate surface area is 130 Å². The SMILES string of the molecule is COCCC1(c2noc(C(C)c3cnn(C)c3)n2)CCCC1. The van der Waals surface area contributed by atoms with Gasteiger partial charge in [0.05, 0.1) is 12.1 Å². The summed E-state index contributed by atoms with van der Waals surface area (Å²) < 4.78 is 12.6. The molecule has 120 valence electrons. The van der Waals surface area contributed by atoms with Crippen LogP contribution in [0.5, 0.6) is 0 Å². The highest BCUT2D eigenvalue weighted by Gasteiger charge is 2.40. The number of aryl methyl sites for hydroxylation is 1. The van der Waals surface area contributed by atoms with Crippen LogP contribution in [0.2, 0.25) is 0 Å². The fraction of sp³-hybridized carbons (Fsp3) is 0.688. The fourth-order valence-corrected chi connectivity index (χ4v) is 3.37. The molecule has 1 fully saturated rings. The number of hydrogen-bond donors (Lipinski definition) is 0. The van der Waals surface area contributed by atoms with Crippen LogP contribution in [0.4, 0.5) is 0 Å². The third-order valence-corrected chi connectivity index (χ3v) is 4.86. The first-order chi connectivity index (χ1) is 10.6. The standard InChI is InChI=1S/C16H24N4O2/c1-12(13-10-17-20(2)11-13)14-18-15(19-22-14)16(8-9-21-3)6-4-5-7-16/h10-12H,4-9H2,1-3H3. The molecule has 1 unspecified atom stereocenters. The molecule has 0 spiro atoms. The van der Waals surface area contributed by atoms with Crippen LogP contribution in [0, 0.1) is 0 Å². The third-order valence-electron chi connectivity index (χ3n) is 4.86. The van der Waals surface area contributed by atoms with Gasteiger partial charge in [-0.1, -0.05) is 18.0 Å². The first kappa shape index (κ1) is 15.2. The van der Waals surface area contributed by atoms with Crippen LogP contribution in [0.15, 0.2) is 16.9 Å². The molecule has 1 atom stereocenters. The molecule has 6 nitrogen and oxygen atoms in total. The predicted octanol–water partition coefficient (Wildman–Crippen LogP) is 2.80. The largest absolute Gasteiger partial charge is 0.385 e. The molecule has 22 heavy (non-hydrogen) atoms. The highest BCUT2D eigenvalue weighted by molar-refractivity contribution is 5.19. The molecule has 2 aromatic heterocycles. The highest BCUT2D eigenvalue weighted by atomic mass is 16.5. The van der Waals surface area contributed by atoms with E-state index in [1.54, 1.807) is 11.8 Å². The van der Waals surface area contributed by atoms with Gasteiger partial charge in [0.2, 0.25) is 5.89 Å². The molecule has 3 rings (SSSR count). The van der Waals surface area contributed by atoms with E-state index in [0.29, 0.717) is 5.89 Å². The third kappa shape index (κ3) is 2.79. The zero-order chi connectivity index (χ0) is 15.6. The second-order valence-electron chi connectivity index (χ2n) is 6.36. The lowest BCUT2D eigenvalue weighted by Gasteiger charge is -2.24. The summed E-state index contributed by atoms with van der Waals surface area (Å²) in [5, 5.41) is 8.52. The highest BCUT2D eigenvalue weighted by Crippen LogP contribution is 2.42. The molecule has 0 amide bonds. The van der Waals surface area contributed by atoms with E-state index in [2.05, 4.69) is 17.2 Å². The molecular weight excluding hydrogens is 280 g/mol. The summed E-state index contributed by atoms with van der Waals surface area (Å²) in [6.45, 7) is 2.81. The van der Waals surface area contributed by atoms with Crippen molar-refractivity contribution < 1.29 is 9.26 Å². The number of hydrogen-bond acceptors (Lipinski definition) is 5. The Kier molecular flexibility index (Phi) is 4.29. The van der Waals surface area contributed by atoms with E-state index >= 15 is 0 Å². The van der Waals surface area contributed by atoms with Crippen LogP contribution in [-0.4, -0.2) is 33.6 Å². The smallest absolute Gasteiger partial charge is 0.234 e. The van der Waals surface area contributed by atoms with Gasteiger partial charge >= 0.3 is 0 Å². The predicted molar refractivity (Wildman–Crippen MR) is 81.7 cm³/mol. The summed E-state index contributed by atoms with van der Waals surface area (Å²) in [6, 6.07) is 0. The first-order valence-electron chi connectivity index (χ1n) is 7.96. The summed E-state index contributed by atoms with van der Waals surface area (Å²) in [5.74, 6) is 1.59. The normalized spacial score (nSPS) is 18.7. The molecule has 0 aliphatic heterocycles. The lowest BCUT2D eigenvalue weighted by Crippen LogP contribution is -2.25. The molecular formula is C16H24N4O2. The maximum absolute atomic E-state index is 5.57. The molecule has 0 aromatic carbocycles. The van der Waals surface area contributed by atoms with Crippen LogP contribution in [0.25, 0.3) is 0 Å². The molecule has 0 saturated heterocycles. The number of methoxy groups -OCH3 is 1. The number of ether oxygens (including phenoxy) is 1. The van der Waals surface area contributed by atoms with E-state index < -0.39 is 0 Å². The second-order valence-corrected chi connectivity index (χ2v) is 6.36. The Balaban J connectivity index is 1.82. The lowest BCUT2D eigenvalue weighted by atomic mass is 9.82. The molecule has 1 aliphatic rings. The first-order valence-corrected chi connectivity index (χ1v) is 7.96. The Hall–Kier alpha value is -1.69. The van der Waals surface area contributed by atoms with E-state index in [9.17, 15) is 0 Å². The summed E-state index contributed by atoms with van der Waals surface area (Å²) >= 11 is 0. The monoisotopic (exact) mass is 304 g/mol. The average Bonchev–Trinajstić information content (AvgIpc) is 3.24. The van der Waals surface area contributed by atoms with Crippen LogP contribution < -0.4 is 0 Å². The van der Waals surface area contributed by atoms with Crippen molar-refractivity contribution in [3.63, 3.8) is 0 Å². The molecule has 1 saturated carbocycles. The van der Waals surface area contributed by atoms with Gasteiger partial charge in [-0.2, -0.15) is 10.1 Å². The molecule has 2 aromatic rings. The second kappa shape index (κ2) is 6.20. The quantitative estimate of drug-likeness (QED) is 0.821. The number of rotatable bonds is 6. The van der Waals surface area contributed by atoms with Gasteiger partial charge in [0.25, 0.3) is 0 Å². The summed E-state index contributed by atoms with van der Waals surface area (Å²) in [5.41, 5.74) is 1.13. The van der Waals surface area contributed by atoms with Gasteiger partial charge in [-0.3, -0.25) is 4.68 Å². The molecule has 2 heterocycles. The average molecular weight is 304 g/mol. The van der Waals surface area contributed by atoms with Crippen molar-refractivity contribution in [3.8, 4) is 0 Å². The lowest BCUT2D eigenvalue weighted by molar-refractivity contribution is 0.163. The molecule has 0 radical (unpaired) electrons. The van der Waals surface area contributed by atoms with Crippen LogP contribution >= 0.6 is 0 Å². The maximum Gasteiger partial charge on any atom is 0.234 e. The van der Waals surface area contributed by atoms with Gasteiger partial charge < -0.3 is 9.26 Å². The van der Waals surface area contributed by atoms with Gasteiger partial charge in [-0.15, -0.1) is 0 Å². The van der Waals surface area contributed by atoms with Crippen LogP contribution in [0.1, 0.15) is 62.2 Å². The van der Waals surface area contributed by atoms with Crippen molar-refractivity contribution >= 4 is 0 Å². The van der Waals surface area contributed by atoms with E-state index in [1.165, 1.54) is 12.8 Å². The minimum Gasteiger partial charge on any atom is -0.385 e.